The van der Waals surface area contributed by atoms with Crippen LogP contribution in [0, 0.1) is 5.41 Å². The standard InChI is InChI=1S/C12H21N5O2/c1-19-7-4-12(2-3-12)9-14-11(18)10-8-17(6-5-13)16-15-10/h8H,2-7,9,13H2,1H3,(H,14,18). The number of methoxy groups -OCH3 is 1. The van der Waals surface area contributed by atoms with Crippen molar-refractivity contribution >= 4 is 5.91 Å². The lowest BCUT2D eigenvalue weighted by Crippen LogP contribution is -2.31. The monoisotopic (exact) mass is 267 g/mol. The average molecular weight is 267 g/mol. The van der Waals surface area contributed by atoms with Gasteiger partial charge in [0.2, 0.25) is 0 Å². The number of carbonyl (C=O) groups excluding carboxylic acids is 1. The van der Waals surface area contributed by atoms with Crippen LogP contribution in [0.5, 0.6) is 0 Å². The minimum atomic E-state index is -0.174. The van der Waals surface area contributed by atoms with Crippen LogP contribution in [0.3, 0.4) is 0 Å². The molecule has 0 radical (unpaired) electrons. The first-order valence-electron chi connectivity index (χ1n) is 6.56. The van der Waals surface area contributed by atoms with E-state index in [1.807, 2.05) is 0 Å². The molecular weight excluding hydrogens is 246 g/mol. The Morgan fingerprint density at radius 3 is 3.05 bits per heavy atom. The van der Waals surface area contributed by atoms with E-state index in [2.05, 4.69) is 15.6 Å². The Morgan fingerprint density at radius 2 is 2.42 bits per heavy atom. The van der Waals surface area contributed by atoms with Gasteiger partial charge in [-0.1, -0.05) is 5.21 Å². The quantitative estimate of drug-likeness (QED) is 0.679. The van der Waals surface area contributed by atoms with Crippen LogP contribution in [0.25, 0.3) is 0 Å². The number of hydrogen-bond donors (Lipinski definition) is 2. The SMILES string of the molecule is COCCC1(CNC(=O)c2cn(CCN)nn2)CC1. The Hall–Kier alpha value is -1.47. The fourth-order valence-corrected chi connectivity index (χ4v) is 2.01. The molecule has 1 aromatic rings. The molecule has 3 N–H and O–H groups in total. The van der Waals surface area contributed by atoms with Crippen molar-refractivity contribution in [3.8, 4) is 0 Å². The number of nitrogens with zero attached hydrogens (tertiary/aromatic N) is 3. The number of amides is 1. The fourth-order valence-electron chi connectivity index (χ4n) is 2.01. The molecule has 1 amide bonds. The number of hydrogen-bond acceptors (Lipinski definition) is 5. The molecule has 1 aliphatic carbocycles. The summed E-state index contributed by atoms with van der Waals surface area (Å²) in [6, 6.07) is 0. The molecular formula is C12H21N5O2. The summed E-state index contributed by atoms with van der Waals surface area (Å²) in [6.07, 6.45) is 4.91. The van der Waals surface area contributed by atoms with Crippen molar-refractivity contribution in [1.82, 2.24) is 20.3 Å². The summed E-state index contributed by atoms with van der Waals surface area (Å²) < 4.78 is 6.67. The van der Waals surface area contributed by atoms with E-state index < -0.39 is 0 Å². The molecule has 1 heterocycles. The molecule has 1 fully saturated rings. The molecule has 19 heavy (non-hydrogen) atoms. The van der Waals surface area contributed by atoms with Crippen LogP contribution in [0.1, 0.15) is 29.8 Å². The van der Waals surface area contributed by atoms with Crippen molar-refractivity contribution in [1.29, 1.82) is 0 Å². The Balaban J connectivity index is 1.80. The van der Waals surface area contributed by atoms with Gasteiger partial charge in [-0.3, -0.25) is 9.48 Å². The molecule has 7 heteroatoms. The van der Waals surface area contributed by atoms with Gasteiger partial charge in [0.15, 0.2) is 5.69 Å². The molecule has 0 aliphatic heterocycles. The summed E-state index contributed by atoms with van der Waals surface area (Å²) in [5.74, 6) is -0.174. The fraction of sp³-hybridized carbons (Fsp3) is 0.750. The Labute approximate surface area is 112 Å². The molecule has 0 spiro atoms. The van der Waals surface area contributed by atoms with Crippen LogP contribution < -0.4 is 11.1 Å². The van der Waals surface area contributed by atoms with E-state index in [4.69, 9.17) is 10.5 Å². The van der Waals surface area contributed by atoms with Gasteiger partial charge in [-0.2, -0.15) is 0 Å². The largest absolute Gasteiger partial charge is 0.385 e. The summed E-state index contributed by atoms with van der Waals surface area (Å²) in [4.78, 5) is 11.9. The Morgan fingerprint density at radius 1 is 1.63 bits per heavy atom. The first kappa shape index (κ1) is 14.0. The lowest BCUT2D eigenvalue weighted by atomic mass is 10.0. The van der Waals surface area contributed by atoms with Gasteiger partial charge in [0.25, 0.3) is 5.91 Å². The predicted molar refractivity (Wildman–Crippen MR) is 69.6 cm³/mol. The molecule has 0 aromatic carbocycles. The molecule has 106 valence electrons. The third-order valence-corrected chi connectivity index (χ3v) is 3.55. The van der Waals surface area contributed by atoms with Crippen molar-refractivity contribution in [3.05, 3.63) is 11.9 Å². The zero-order valence-electron chi connectivity index (χ0n) is 11.3. The van der Waals surface area contributed by atoms with E-state index in [9.17, 15) is 4.79 Å². The van der Waals surface area contributed by atoms with Crippen LogP contribution in [0.15, 0.2) is 6.20 Å². The lowest BCUT2D eigenvalue weighted by Gasteiger charge is -2.14. The molecule has 0 unspecified atom stereocenters. The van der Waals surface area contributed by atoms with E-state index in [0.717, 1.165) is 25.9 Å². The lowest BCUT2D eigenvalue weighted by molar-refractivity contribution is 0.0933. The minimum absolute atomic E-state index is 0.174. The topological polar surface area (TPSA) is 95.1 Å². The molecule has 2 rings (SSSR count). The maximum absolute atomic E-state index is 11.9. The number of aromatic nitrogens is 3. The highest BCUT2D eigenvalue weighted by molar-refractivity contribution is 5.91. The Kier molecular flexibility index (Phi) is 4.49. The van der Waals surface area contributed by atoms with Crippen molar-refractivity contribution < 1.29 is 9.53 Å². The van der Waals surface area contributed by atoms with Crippen molar-refractivity contribution in [2.45, 2.75) is 25.8 Å². The smallest absolute Gasteiger partial charge is 0.273 e. The first-order chi connectivity index (χ1) is 9.19. The van der Waals surface area contributed by atoms with Crippen molar-refractivity contribution in [2.24, 2.45) is 11.1 Å². The zero-order valence-corrected chi connectivity index (χ0v) is 11.3. The third kappa shape index (κ3) is 3.74. The van der Waals surface area contributed by atoms with E-state index in [1.54, 1.807) is 18.0 Å². The molecule has 1 saturated carbocycles. The van der Waals surface area contributed by atoms with E-state index >= 15 is 0 Å². The molecule has 0 saturated heterocycles. The highest BCUT2D eigenvalue weighted by Crippen LogP contribution is 2.48. The summed E-state index contributed by atoms with van der Waals surface area (Å²) in [5, 5.41) is 10.6. The van der Waals surface area contributed by atoms with Gasteiger partial charge in [-0.15, -0.1) is 5.10 Å². The third-order valence-electron chi connectivity index (χ3n) is 3.55. The number of nitrogens with two attached hydrogens (primary N) is 1. The molecule has 1 aliphatic rings. The normalized spacial score (nSPS) is 16.3. The highest BCUT2D eigenvalue weighted by atomic mass is 16.5. The maximum Gasteiger partial charge on any atom is 0.273 e. The zero-order chi connectivity index (χ0) is 13.7. The van der Waals surface area contributed by atoms with Gasteiger partial charge in [-0.05, 0) is 24.7 Å². The predicted octanol–water partition coefficient (Wildman–Crippen LogP) is -0.217. The second-order valence-electron chi connectivity index (χ2n) is 5.08. The maximum atomic E-state index is 11.9. The van der Waals surface area contributed by atoms with Gasteiger partial charge in [-0.25, -0.2) is 0 Å². The summed E-state index contributed by atoms with van der Waals surface area (Å²) in [6.45, 7) is 2.46. The van der Waals surface area contributed by atoms with Crippen molar-refractivity contribution in [2.75, 3.05) is 26.8 Å². The van der Waals surface area contributed by atoms with Gasteiger partial charge in [0.1, 0.15) is 0 Å². The number of nitrogens with one attached hydrogen (secondary N) is 1. The van der Waals surface area contributed by atoms with Crippen LogP contribution in [0.2, 0.25) is 0 Å². The summed E-state index contributed by atoms with van der Waals surface area (Å²) >= 11 is 0. The van der Waals surface area contributed by atoms with Gasteiger partial charge in [0, 0.05) is 26.8 Å². The van der Waals surface area contributed by atoms with Crippen molar-refractivity contribution in [3.63, 3.8) is 0 Å². The molecule has 0 atom stereocenters. The van der Waals surface area contributed by atoms with Crippen LogP contribution in [-0.2, 0) is 11.3 Å². The Bertz CT molecular complexity index is 428. The van der Waals surface area contributed by atoms with Gasteiger partial charge < -0.3 is 15.8 Å². The van der Waals surface area contributed by atoms with Gasteiger partial charge in [0.05, 0.1) is 12.7 Å². The summed E-state index contributed by atoms with van der Waals surface area (Å²) in [7, 11) is 1.70. The van der Waals surface area contributed by atoms with E-state index in [0.29, 0.717) is 25.3 Å². The molecule has 0 bridgehead atoms. The second kappa shape index (κ2) is 6.12. The second-order valence-corrected chi connectivity index (χ2v) is 5.08. The van der Waals surface area contributed by atoms with E-state index in [1.165, 1.54) is 0 Å². The van der Waals surface area contributed by atoms with Gasteiger partial charge >= 0.3 is 0 Å². The molecule has 1 aromatic heterocycles. The number of rotatable bonds is 8. The van der Waals surface area contributed by atoms with Crippen LogP contribution in [0.4, 0.5) is 0 Å². The van der Waals surface area contributed by atoms with Crippen LogP contribution >= 0.6 is 0 Å². The molecule has 7 nitrogen and oxygen atoms in total. The number of ether oxygens (including phenoxy) is 1. The van der Waals surface area contributed by atoms with E-state index in [-0.39, 0.29) is 11.3 Å². The summed E-state index contributed by atoms with van der Waals surface area (Å²) in [5.41, 5.74) is 5.99. The highest BCUT2D eigenvalue weighted by Gasteiger charge is 2.42. The number of carbonyl (C=O) groups is 1. The average Bonchev–Trinajstić information content (AvgIpc) is 3.04. The first-order valence-corrected chi connectivity index (χ1v) is 6.56. The minimum Gasteiger partial charge on any atom is -0.385 e. The van der Waals surface area contributed by atoms with Crippen LogP contribution in [-0.4, -0.2) is 47.7 Å².